The summed E-state index contributed by atoms with van der Waals surface area (Å²) in [4.78, 5) is 0. The molecule has 0 aromatic rings. The maximum atomic E-state index is 9.94. The summed E-state index contributed by atoms with van der Waals surface area (Å²) in [6, 6.07) is 0. The molecular formula is C12H22O4. The number of aliphatic hydroxyl groups is 1. The molecule has 0 aromatic carbocycles. The summed E-state index contributed by atoms with van der Waals surface area (Å²) < 4.78 is 17.2. The molecule has 0 aromatic heterocycles. The van der Waals surface area contributed by atoms with Crippen LogP contribution in [0.5, 0.6) is 0 Å². The molecule has 1 spiro atoms. The highest BCUT2D eigenvalue weighted by Gasteiger charge is 2.46. The first-order valence-corrected chi connectivity index (χ1v) is 6.04. The van der Waals surface area contributed by atoms with Crippen molar-refractivity contribution in [3.63, 3.8) is 0 Å². The van der Waals surface area contributed by atoms with Crippen molar-refractivity contribution >= 4 is 0 Å². The number of hydrogen-bond donors (Lipinski definition) is 1. The Morgan fingerprint density at radius 1 is 1.25 bits per heavy atom. The van der Waals surface area contributed by atoms with Crippen LogP contribution in [0.3, 0.4) is 0 Å². The van der Waals surface area contributed by atoms with Crippen LogP contribution in [-0.2, 0) is 14.2 Å². The normalized spacial score (nSPS) is 34.5. The third-order valence-corrected chi connectivity index (χ3v) is 3.08. The van der Waals surface area contributed by atoms with E-state index in [1.54, 1.807) is 0 Å². The molecule has 1 heterocycles. The molecule has 4 heteroatoms. The maximum absolute atomic E-state index is 9.94. The molecule has 16 heavy (non-hydrogen) atoms. The van der Waals surface area contributed by atoms with Crippen molar-refractivity contribution in [3.05, 3.63) is 0 Å². The highest BCUT2D eigenvalue weighted by atomic mass is 16.7. The van der Waals surface area contributed by atoms with E-state index in [4.69, 9.17) is 14.2 Å². The van der Waals surface area contributed by atoms with Crippen LogP contribution in [0, 0.1) is 0 Å². The third-order valence-electron chi connectivity index (χ3n) is 3.08. The molecule has 2 fully saturated rings. The van der Waals surface area contributed by atoms with Crippen molar-refractivity contribution in [2.24, 2.45) is 0 Å². The molecule has 1 saturated heterocycles. The molecule has 1 N–H and O–H groups in total. The summed E-state index contributed by atoms with van der Waals surface area (Å²) in [5.41, 5.74) is -0.247. The van der Waals surface area contributed by atoms with Crippen LogP contribution < -0.4 is 0 Å². The lowest BCUT2D eigenvalue weighted by Crippen LogP contribution is -2.48. The molecule has 94 valence electrons. The Balaban J connectivity index is 2.00. The Hall–Kier alpha value is -0.160. The van der Waals surface area contributed by atoms with E-state index in [2.05, 4.69) is 0 Å². The van der Waals surface area contributed by atoms with E-state index in [9.17, 15) is 5.11 Å². The van der Waals surface area contributed by atoms with Gasteiger partial charge in [0.1, 0.15) is 0 Å². The van der Waals surface area contributed by atoms with Crippen molar-refractivity contribution < 1.29 is 19.3 Å². The zero-order valence-corrected chi connectivity index (χ0v) is 10.4. The molecule has 0 amide bonds. The van der Waals surface area contributed by atoms with Crippen LogP contribution >= 0.6 is 0 Å². The molecule has 2 rings (SSSR count). The summed E-state index contributed by atoms with van der Waals surface area (Å²) in [6.07, 6.45) is 1.48. The van der Waals surface area contributed by atoms with Gasteiger partial charge >= 0.3 is 0 Å². The van der Waals surface area contributed by atoms with Crippen molar-refractivity contribution in [1.29, 1.82) is 0 Å². The van der Waals surface area contributed by atoms with Crippen LogP contribution in [-0.4, -0.2) is 41.9 Å². The fourth-order valence-corrected chi connectivity index (χ4v) is 2.43. The van der Waals surface area contributed by atoms with Gasteiger partial charge in [0.15, 0.2) is 5.79 Å². The van der Waals surface area contributed by atoms with E-state index >= 15 is 0 Å². The molecule has 2 aliphatic rings. The van der Waals surface area contributed by atoms with Gasteiger partial charge in [-0.25, -0.2) is 0 Å². The van der Waals surface area contributed by atoms with Crippen molar-refractivity contribution in [2.45, 2.75) is 63.6 Å². The van der Waals surface area contributed by atoms with Gasteiger partial charge in [-0.1, -0.05) is 0 Å². The molecule has 2 unspecified atom stereocenters. The summed E-state index contributed by atoms with van der Waals surface area (Å²) in [5.74, 6) is -0.491. The Kier molecular flexibility index (Phi) is 3.27. The van der Waals surface area contributed by atoms with Crippen LogP contribution in [0.25, 0.3) is 0 Å². The molecule has 2 atom stereocenters. The van der Waals surface area contributed by atoms with Gasteiger partial charge in [-0.15, -0.1) is 0 Å². The van der Waals surface area contributed by atoms with E-state index in [0.717, 1.165) is 6.42 Å². The second-order valence-corrected chi connectivity index (χ2v) is 5.69. The van der Waals surface area contributed by atoms with Gasteiger partial charge in [-0.3, -0.25) is 0 Å². The Bertz CT molecular complexity index is 240. The first kappa shape index (κ1) is 12.3. The second kappa shape index (κ2) is 4.26. The summed E-state index contributed by atoms with van der Waals surface area (Å²) in [7, 11) is 0. The third kappa shape index (κ3) is 2.74. The molecular weight excluding hydrogens is 208 g/mol. The predicted molar refractivity (Wildman–Crippen MR) is 59.1 cm³/mol. The van der Waals surface area contributed by atoms with Gasteiger partial charge < -0.3 is 19.3 Å². The Labute approximate surface area is 96.9 Å². The lowest BCUT2D eigenvalue weighted by Gasteiger charge is -2.41. The van der Waals surface area contributed by atoms with Crippen molar-refractivity contribution in [3.8, 4) is 0 Å². The predicted octanol–water partition coefficient (Wildman–Crippen LogP) is 1.46. The molecule has 4 nitrogen and oxygen atoms in total. The molecule has 1 aliphatic heterocycles. The van der Waals surface area contributed by atoms with E-state index < -0.39 is 11.9 Å². The quantitative estimate of drug-likeness (QED) is 0.741. The molecule has 1 aliphatic carbocycles. The van der Waals surface area contributed by atoms with Crippen LogP contribution in [0.4, 0.5) is 0 Å². The van der Waals surface area contributed by atoms with Gasteiger partial charge in [-0.2, -0.15) is 0 Å². The van der Waals surface area contributed by atoms with Gasteiger partial charge in [-0.05, 0) is 27.2 Å². The van der Waals surface area contributed by atoms with Gasteiger partial charge in [0.2, 0.25) is 0 Å². The lowest BCUT2D eigenvalue weighted by atomic mass is 9.89. The first-order valence-electron chi connectivity index (χ1n) is 6.04. The van der Waals surface area contributed by atoms with E-state index in [0.29, 0.717) is 26.1 Å². The van der Waals surface area contributed by atoms with E-state index in [1.165, 1.54) is 0 Å². The summed E-state index contributed by atoms with van der Waals surface area (Å²) in [6.45, 7) is 7.29. The second-order valence-electron chi connectivity index (χ2n) is 5.69. The van der Waals surface area contributed by atoms with Crippen molar-refractivity contribution in [1.82, 2.24) is 0 Å². The summed E-state index contributed by atoms with van der Waals surface area (Å²) in [5, 5.41) is 9.94. The van der Waals surface area contributed by atoms with Crippen molar-refractivity contribution in [2.75, 3.05) is 13.2 Å². The Morgan fingerprint density at radius 3 is 2.44 bits per heavy atom. The average molecular weight is 230 g/mol. The van der Waals surface area contributed by atoms with Gasteiger partial charge in [0, 0.05) is 12.8 Å². The SMILES string of the molecule is CC(C)(C)OC1CC2(CCC1O)OCCO2. The summed E-state index contributed by atoms with van der Waals surface area (Å²) >= 11 is 0. The maximum Gasteiger partial charge on any atom is 0.171 e. The number of rotatable bonds is 1. The number of aliphatic hydroxyl groups excluding tert-OH is 1. The largest absolute Gasteiger partial charge is 0.390 e. The standard InChI is InChI=1S/C12H22O4/c1-11(2,3)16-10-8-12(5-4-9(10)13)14-6-7-15-12/h9-10,13H,4-8H2,1-3H3. The molecule has 0 bridgehead atoms. The minimum atomic E-state index is -0.491. The fraction of sp³-hybridized carbons (Fsp3) is 1.00. The minimum absolute atomic E-state index is 0.188. The smallest absolute Gasteiger partial charge is 0.171 e. The molecule has 0 radical (unpaired) electrons. The van der Waals surface area contributed by atoms with Crippen LogP contribution in [0.15, 0.2) is 0 Å². The van der Waals surface area contributed by atoms with Gasteiger partial charge in [0.05, 0.1) is 31.0 Å². The number of ether oxygens (including phenoxy) is 3. The monoisotopic (exact) mass is 230 g/mol. The van der Waals surface area contributed by atoms with Gasteiger partial charge in [0.25, 0.3) is 0 Å². The van der Waals surface area contributed by atoms with Crippen LogP contribution in [0.1, 0.15) is 40.0 Å². The highest BCUT2D eigenvalue weighted by molar-refractivity contribution is 4.89. The zero-order chi connectivity index (χ0) is 11.8. The number of hydrogen-bond acceptors (Lipinski definition) is 4. The molecule has 1 saturated carbocycles. The van der Waals surface area contributed by atoms with E-state index in [1.807, 2.05) is 20.8 Å². The lowest BCUT2D eigenvalue weighted by molar-refractivity contribution is -0.235. The Morgan fingerprint density at radius 2 is 1.88 bits per heavy atom. The average Bonchev–Trinajstić information content (AvgIpc) is 2.58. The van der Waals surface area contributed by atoms with Crippen LogP contribution in [0.2, 0.25) is 0 Å². The minimum Gasteiger partial charge on any atom is -0.390 e. The zero-order valence-electron chi connectivity index (χ0n) is 10.4. The van der Waals surface area contributed by atoms with E-state index in [-0.39, 0.29) is 11.7 Å². The highest BCUT2D eigenvalue weighted by Crippen LogP contribution is 2.38. The topological polar surface area (TPSA) is 47.9 Å². The fourth-order valence-electron chi connectivity index (χ4n) is 2.43. The first-order chi connectivity index (χ1) is 7.40.